The van der Waals surface area contributed by atoms with Crippen LogP contribution < -0.4 is 5.32 Å². The van der Waals surface area contributed by atoms with Gasteiger partial charge in [0.2, 0.25) is 5.91 Å². The summed E-state index contributed by atoms with van der Waals surface area (Å²) >= 11 is 0. The first-order chi connectivity index (χ1) is 10.9. The molecule has 114 valence electrons. The molecular weight excluding hydrogens is 292 g/mol. The van der Waals surface area contributed by atoms with Gasteiger partial charge in [0, 0.05) is 18.3 Å². The van der Waals surface area contributed by atoms with E-state index in [1.165, 1.54) is 6.92 Å². The van der Waals surface area contributed by atoms with E-state index in [2.05, 4.69) is 5.32 Å². The van der Waals surface area contributed by atoms with Crippen LogP contribution in [0.3, 0.4) is 0 Å². The van der Waals surface area contributed by atoms with E-state index < -0.39 is 34.3 Å². The second kappa shape index (κ2) is 4.56. The molecule has 1 aliphatic heterocycles. The van der Waals surface area contributed by atoms with Crippen molar-refractivity contribution in [2.24, 2.45) is 16.7 Å². The van der Waals surface area contributed by atoms with E-state index in [1.807, 2.05) is 18.2 Å². The van der Waals surface area contributed by atoms with E-state index in [0.29, 0.717) is 5.56 Å². The number of aliphatic hydroxyl groups is 1. The summed E-state index contributed by atoms with van der Waals surface area (Å²) in [5.41, 5.74) is -4.74. The number of carbonyl (C=O) groups excluding carboxylic acids is 1. The van der Waals surface area contributed by atoms with E-state index in [1.54, 1.807) is 30.3 Å². The molecule has 0 radical (unpaired) electrons. The molecule has 0 aromatic heterocycles. The van der Waals surface area contributed by atoms with Crippen LogP contribution >= 0.6 is 0 Å². The molecule has 2 N–H and O–H groups in total. The van der Waals surface area contributed by atoms with E-state index in [9.17, 15) is 25.7 Å². The highest BCUT2D eigenvalue weighted by atomic mass is 16.3. The summed E-state index contributed by atoms with van der Waals surface area (Å²) in [7, 11) is 0. The molecular formula is C17H14N4O2. The third-order valence-corrected chi connectivity index (χ3v) is 5.45. The van der Waals surface area contributed by atoms with Crippen molar-refractivity contribution in [1.82, 2.24) is 5.32 Å². The fourth-order valence-corrected chi connectivity index (χ4v) is 4.09. The molecule has 1 aromatic rings. The molecule has 4 atom stereocenters. The second-order valence-corrected chi connectivity index (χ2v) is 6.22. The van der Waals surface area contributed by atoms with Crippen LogP contribution in [0.15, 0.2) is 30.3 Å². The zero-order valence-corrected chi connectivity index (χ0v) is 12.4. The number of carbonyl (C=O) groups is 1. The Morgan fingerprint density at radius 1 is 1.17 bits per heavy atom. The van der Waals surface area contributed by atoms with E-state index >= 15 is 0 Å². The number of hydrogen-bond acceptors (Lipinski definition) is 5. The lowest BCUT2D eigenvalue weighted by atomic mass is 9.48. The van der Waals surface area contributed by atoms with Crippen LogP contribution in [-0.2, 0) is 4.79 Å². The van der Waals surface area contributed by atoms with Gasteiger partial charge < -0.3 is 10.4 Å². The minimum absolute atomic E-state index is 0.00840. The number of benzene rings is 1. The zero-order chi connectivity index (χ0) is 16.9. The molecule has 1 aliphatic carbocycles. The highest BCUT2D eigenvalue weighted by molar-refractivity contribution is 5.92. The third kappa shape index (κ3) is 1.50. The third-order valence-electron chi connectivity index (χ3n) is 5.45. The summed E-state index contributed by atoms with van der Waals surface area (Å²) in [6.07, 6.45) is 0.00840. The molecule has 1 heterocycles. The Bertz CT molecular complexity index is 787. The Morgan fingerprint density at radius 2 is 1.78 bits per heavy atom. The monoisotopic (exact) mass is 306 g/mol. The van der Waals surface area contributed by atoms with Gasteiger partial charge in [-0.1, -0.05) is 37.3 Å². The number of nitrogens with one attached hydrogen (secondary N) is 1. The molecule has 0 spiro atoms. The lowest BCUT2D eigenvalue weighted by Gasteiger charge is -2.48. The minimum atomic E-state index is -1.91. The van der Waals surface area contributed by atoms with Gasteiger partial charge in [-0.25, -0.2) is 0 Å². The molecule has 2 aliphatic rings. The minimum Gasteiger partial charge on any atom is -0.371 e. The van der Waals surface area contributed by atoms with Crippen molar-refractivity contribution in [3.8, 4) is 18.2 Å². The molecule has 0 unspecified atom stereocenters. The van der Waals surface area contributed by atoms with Crippen molar-refractivity contribution in [3.63, 3.8) is 0 Å². The lowest BCUT2D eigenvalue weighted by Crippen LogP contribution is -2.57. The molecule has 6 nitrogen and oxygen atoms in total. The van der Waals surface area contributed by atoms with Gasteiger partial charge >= 0.3 is 0 Å². The molecule has 6 heteroatoms. The van der Waals surface area contributed by atoms with Crippen LogP contribution in [0.25, 0.3) is 0 Å². The van der Waals surface area contributed by atoms with Crippen molar-refractivity contribution in [2.45, 2.75) is 25.0 Å². The Balaban J connectivity index is 2.34. The van der Waals surface area contributed by atoms with Crippen LogP contribution in [0.4, 0.5) is 0 Å². The van der Waals surface area contributed by atoms with Crippen molar-refractivity contribution in [1.29, 1.82) is 15.8 Å². The Hall–Kier alpha value is -2.88. The van der Waals surface area contributed by atoms with Crippen molar-refractivity contribution in [3.05, 3.63) is 35.9 Å². The molecule has 2 bridgehead atoms. The smallest absolute Gasteiger partial charge is 0.245 e. The number of fused-ring (bicyclic) bond motifs is 2. The second-order valence-electron chi connectivity index (χ2n) is 6.22. The number of nitrogens with zero attached hydrogens (tertiary/aromatic N) is 3. The molecule has 2 fully saturated rings. The Kier molecular flexibility index (Phi) is 2.98. The van der Waals surface area contributed by atoms with Crippen molar-refractivity contribution < 1.29 is 9.90 Å². The zero-order valence-electron chi connectivity index (χ0n) is 12.4. The van der Waals surface area contributed by atoms with Gasteiger partial charge in [-0.3, -0.25) is 4.79 Å². The van der Waals surface area contributed by atoms with E-state index in [0.717, 1.165) is 0 Å². The van der Waals surface area contributed by atoms with Gasteiger partial charge in [0.25, 0.3) is 0 Å². The quantitative estimate of drug-likeness (QED) is 0.806. The van der Waals surface area contributed by atoms with Crippen molar-refractivity contribution in [2.75, 3.05) is 0 Å². The van der Waals surface area contributed by atoms with Gasteiger partial charge in [-0.05, 0) is 5.56 Å². The van der Waals surface area contributed by atoms with Gasteiger partial charge in [0.1, 0.15) is 5.72 Å². The molecule has 1 saturated carbocycles. The summed E-state index contributed by atoms with van der Waals surface area (Å²) in [5.74, 6) is -2.37. The predicted molar refractivity (Wildman–Crippen MR) is 77.8 cm³/mol. The summed E-state index contributed by atoms with van der Waals surface area (Å²) < 4.78 is 0. The van der Waals surface area contributed by atoms with Gasteiger partial charge in [0.15, 0.2) is 10.8 Å². The maximum absolute atomic E-state index is 12.5. The topological polar surface area (TPSA) is 121 Å². The number of hydrogen-bond donors (Lipinski definition) is 2. The SMILES string of the molecule is C[C@H]1[C@@]2(O)C[C@@H](c3ccccc3)C(C#N)(C#N)[C@]1(C#N)C(=O)N2. The number of nitriles is 3. The van der Waals surface area contributed by atoms with Crippen LogP contribution in [0, 0.1) is 50.7 Å². The fourth-order valence-electron chi connectivity index (χ4n) is 4.09. The predicted octanol–water partition coefficient (Wildman–Crippen LogP) is 1.17. The molecule has 1 aromatic carbocycles. The molecule has 1 amide bonds. The van der Waals surface area contributed by atoms with Crippen LogP contribution in [0.5, 0.6) is 0 Å². The Morgan fingerprint density at radius 3 is 2.30 bits per heavy atom. The first-order valence-electron chi connectivity index (χ1n) is 7.25. The molecule has 23 heavy (non-hydrogen) atoms. The van der Waals surface area contributed by atoms with Crippen molar-refractivity contribution >= 4 is 5.91 Å². The molecule has 3 rings (SSSR count). The summed E-state index contributed by atoms with van der Waals surface area (Å²) in [6.45, 7) is 1.53. The largest absolute Gasteiger partial charge is 0.371 e. The Labute approximate surface area is 133 Å². The van der Waals surface area contributed by atoms with Crippen LogP contribution in [-0.4, -0.2) is 16.7 Å². The van der Waals surface area contributed by atoms with E-state index in [4.69, 9.17) is 0 Å². The maximum atomic E-state index is 12.5. The fraction of sp³-hybridized carbons (Fsp3) is 0.412. The average molecular weight is 306 g/mol. The number of amides is 1. The average Bonchev–Trinajstić information content (AvgIpc) is 2.71. The van der Waals surface area contributed by atoms with Crippen LogP contribution in [0.2, 0.25) is 0 Å². The highest BCUT2D eigenvalue weighted by Gasteiger charge is 2.77. The van der Waals surface area contributed by atoms with Gasteiger partial charge in [-0.15, -0.1) is 0 Å². The van der Waals surface area contributed by atoms with Gasteiger partial charge in [-0.2, -0.15) is 15.8 Å². The van der Waals surface area contributed by atoms with Crippen LogP contribution in [0.1, 0.15) is 24.8 Å². The summed E-state index contributed by atoms with van der Waals surface area (Å²) in [6, 6.07) is 14.6. The lowest BCUT2D eigenvalue weighted by molar-refractivity contribution is -0.130. The first-order valence-corrected chi connectivity index (χ1v) is 7.25. The maximum Gasteiger partial charge on any atom is 0.245 e. The summed E-state index contributed by atoms with van der Waals surface area (Å²) in [4.78, 5) is 12.5. The number of rotatable bonds is 1. The van der Waals surface area contributed by atoms with Gasteiger partial charge in [0.05, 0.1) is 18.2 Å². The normalized spacial score (nSPS) is 37.1. The standard InChI is InChI=1S/C17H14N4O2/c1-11-16(10-20)14(22)21-17(11,23)7-13(15(16,8-18)9-19)12-5-3-2-4-6-12/h2-6,11,13,23H,7H2,1H3,(H,21,22)/t11-,13+,16+,17+/m1/s1. The summed E-state index contributed by atoms with van der Waals surface area (Å²) in [5, 5.41) is 42.7. The van der Waals surface area contributed by atoms with E-state index in [-0.39, 0.29) is 6.42 Å². The molecule has 1 saturated heterocycles. The first kappa shape index (κ1) is 15.0. The highest BCUT2D eigenvalue weighted by Crippen LogP contribution is 2.64.